The van der Waals surface area contributed by atoms with Crippen LogP contribution in [0.5, 0.6) is 0 Å². The number of piperazine rings is 1. The number of para-hydroxylation sites is 1. The van der Waals surface area contributed by atoms with Gasteiger partial charge in [0.05, 0.1) is 18.2 Å². The van der Waals surface area contributed by atoms with Crippen molar-refractivity contribution in [1.29, 1.82) is 0 Å². The molecule has 7 heteroatoms. The summed E-state index contributed by atoms with van der Waals surface area (Å²) in [6, 6.07) is 16.4. The van der Waals surface area contributed by atoms with E-state index in [9.17, 15) is 14.4 Å². The maximum Gasteiger partial charge on any atom is 0.338 e. The number of nitrogens with zero attached hydrogens (tertiary/aromatic N) is 3. The number of amides is 1. The van der Waals surface area contributed by atoms with Gasteiger partial charge < -0.3 is 9.64 Å². The Morgan fingerprint density at radius 2 is 1.61 bits per heavy atom. The molecule has 1 amide bonds. The summed E-state index contributed by atoms with van der Waals surface area (Å²) < 4.78 is 4.72. The Kier molecular flexibility index (Phi) is 6.04. The number of Topliss-reactive ketones (excluding diaryl/α,β-unsaturated/α-hetero) is 1. The average Bonchev–Trinajstić information content (AvgIpc) is 2.83. The van der Waals surface area contributed by atoms with E-state index in [-0.39, 0.29) is 11.1 Å². The molecule has 1 saturated heterocycles. The average molecular weight is 417 g/mol. The minimum Gasteiger partial charge on any atom is -0.465 e. The van der Waals surface area contributed by atoms with Crippen LogP contribution in [0.3, 0.4) is 0 Å². The highest BCUT2D eigenvalue weighted by Crippen LogP contribution is 2.16. The number of hydrogen-bond acceptors (Lipinski definition) is 6. The van der Waals surface area contributed by atoms with Gasteiger partial charge in [0.1, 0.15) is 0 Å². The van der Waals surface area contributed by atoms with Gasteiger partial charge >= 0.3 is 5.97 Å². The normalized spacial score (nSPS) is 14.4. The summed E-state index contributed by atoms with van der Waals surface area (Å²) >= 11 is 0. The van der Waals surface area contributed by atoms with Gasteiger partial charge in [0.15, 0.2) is 0 Å². The van der Waals surface area contributed by atoms with Crippen molar-refractivity contribution in [3.05, 3.63) is 77.5 Å². The van der Waals surface area contributed by atoms with E-state index < -0.39 is 17.7 Å². The van der Waals surface area contributed by atoms with Crippen molar-refractivity contribution >= 4 is 28.6 Å². The maximum atomic E-state index is 12.8. The maximum absolute atomic E-state index is 12.8. The van der Waals surface area contributed by atoms with E-state index in [1.807, 2.05) is 30.5 Å². The molecule has 7 nitrogen and oxygen atoms in total. The molecule has 0 N–H and O–H groups in total. The van der Waals surface area contributed by atoms with Gasteiger partial charge in [-0.2, -0.15) is 0 Å². The van der Waals surface area contributed by atoms with Crippen molar-refractivity contribution in [1.82, 2.24) is 14.8 Å². The third-order valence-electron chi connectivity index (χ3n) is 5.48. The lowest BCUT2D eigenvalue weighted by Crippen LogP contribution is -2.50. The number of methoxy groups -OCH3 is 1. The Morgan fingerprint density at radius 3 is 2.35 bits per heavy atom. The number of pyridine rings is 1. The molecule has 158 valence electrons. The van der Waals surface area contributed by atoms with Crippen molar-refractivity contribution in [3.8, 4) is 0 Å². The largest absolute Gasteiger partial charge is 0.465 e. The highest BCUT2D eigenvalue weighted by Gasteiger charge is 2.29. The molecule has 0 radical (unpaired) electrons. The van der Waals surface area contributed by atoms with E-state index in [2.05, 4.69) is 16.0 Å². The lowest BCUT2D eigenvalue weighted by molar-refractivity contribution is -0.128. The summed E-state index contributed by atoms with van der Waals surface area (Å²) in [5, 5.41) is 1.10. The first-order chi connectivity index (χ1) is 15.1. The molecule has 4 rings (SSSR count). The van der Waals surface area contributed by atoms with Crippen LogP contribution in [0.1, 0.15) is 26.3 Å². The first-order valence-corrected chi connectivity index (χ1v) is 10.1. The van der Waals surface area contributed by atoms with Crippen LogP contribution in [0, 0.1) is 0 Å². The first-order valence-electron chi connectivity index (χ1n) is 10.1. The Morgan fingerprint density at radius 1 is 0.935 bits per heavy atom. The molecule has 0 unspecified atom stereocenters. The Balaban J connectivity index is 1.38. The van der Waals surface area contributed by atoms with Crippen LogP contribution < -0.4 is 0 Å². The van der Waals surface area contributed by atoms with Crippen molar-refractivity contribution < 1.29 is 19.1 Å². The fourth-order valence-corrected chi connectivity index (χ4v) is 3.80. The zero-order valence-electron chi connectivity index (χ0n) is 17.3. The van der Waals surface area contributed by atoms with Gasteiger partial charge in [-0.3, -0.25) is 19.5 Å². The second kappa shape index (κ2) is 9.06. The number of aromatic nitrogens is 1. The van der Waals surface area contributed by atoms with Crippen LogP contribution in [-0.4, -0.2) is 65.7 Å². The topological polar surface area (TPSA) is 79.8 Å². The summed E-state index contributed by atoms with van der Waals surface area (Å²) in [6.07, 6.45) is 1.88. The van der Waals surface area contributed by atoms with Crippen LogP contribution in [0.4, 0.5) is 0 Å². The number of benzene rings is 2. The number of esters is 1. The number of fused-ring (bicyclic) bond motifs is 1. The van der Waals surface area contributed by atoms with Crippen LogP contribution in [0.15, 0.2) is 60.8 Å². The van der Waals surface area contributed by atoms with E-state index in [4.69, 9.17) is 4.74 Å². The van der Waals surface area contributed by atoms with Gasteiger partial charge in [0.25, 0.3) is 11.7 Å². The van der Waals surface area contributed by atoms with Crippen molar-refractivity contribution in [2.45, 2.75) is 6.54 Å². The summed E-state index contributed by atoms with van der Waals surface area (Å²) in [6.45, 7) is 2.95. The predicted molar refractivity (Wildman–Crippen MR) is 116 cm³/mol. The highest BCUT2D eigenvalue weighted by molar-refractivity contribution is 6.43. The molecule has 0 spiro atoms. The standard InChI is InChI=1S/C24H23N3O4/c1-31-24(30)20-8-4-3-7-19(20)22(28)23(29)27-12-10-26(11-13-27)16-17-14-18-6-2-5-9-21(18)25-15-17/h2-9,14-15H,10-13,16H2,1H3. The predicted octanol–water partition coefficient (Wildman–Crippen LogP) is 2.55. The monoisotopic (exact) mass is 417 g/mol. The number of ketones is 1. The Bertz CT molecular complexity index is 1140. The molecular formula is C24H23N3O4. The minimum absolute atomic E-state index is 0.0732. The van der Waals surface area contributed by atoms with Gasteiger partial charge in [-0.25, -0.2) is 4.79 Å². The van der Waals surface area contributed by atoms with Crippen LogP contribution in [-0.2, 0) is 16.1 Å². The van der Waals surface area contributed by atoms with E-state index in [1.54, 1.807) is 17.0 Å². The smallest absolute Gasteiger partial charge is 0.338 e. The molecule has 0 bridgehead atoms. The zero-order valence-corrected chi connectivity index (χ0v) is 17.3. The number of rotatable bonds is 5. The van der Waals surface area contributed by atoms with Crippen LogP contribution in [0.25, 0.3) is 10.9 Å². The molecule has 0 aliphatic carbocycles. The molecular weight excluding hydrogens is 394 g/mol. The van der Waals surface area contributed by atoms with E-state index in [0.717, 1.165) is 23.0 Å². The molecule has 2 heterocycles. The fourth-order valence-electron chi connectivity index (χ4n) is 3.80. The van der Waals surface area contributed by atoms with E-state index in [1.165, 1.54) is 19.2 Å². The lowest BCUT2D eigenvalue weighted by atomic mass is 10.0. The first kappa shape index (κ1) is 20.7. The molecule has 1 aliphatic rings. The Hall–Kier alpha value is -3.58. The van der Waals surface area contributed by atoms with Gasteiger partial charge in [0, 0.05) is 49.9 Å². The van der Waals surface area contributed by atoms with Gasteiger partial charge in [0.2, 0.25) is 0 Å². The summed E-state index contributed by atoms with van der Waals surface area (Å²) in [5.74, 6) is -1.91. The third-order valence-corrected chi connectivity index (χ3v) is 5.48. The molecule has 1 aliphatic heterocycles. The highest BCUT2D eigenvalue weighted by atomic mass is 16.5. The van der Waals surface area contributed by atoms with Crippen molar-refractivity contribution in [2.75, 3.05) is 33.3 Å². The Labute approximate surface area is 180 Å². The number of carbonyl (C=O) groups is 3. The number of hydrogen-bond donors (Lipinski definition) is 0. The SMILES string of the molecule is COC(=O)c1ccccc1C(=O)C(=O)N1CCN(Cc2cnc3ccccc3c2)CC1. The van der Waals surface area contributed by atoms with Gasteiger partial charge in [-0.15, -0.1) is 0 Å². The number of ether oxygens (including phenoxy) is 1. The summed E-state index contributed by atoms with van der Waals surface area (Å²) in [4.78, 5) is 45.7. The van der Waals surface area contributed by atoms with E-state index >= 15 is 0 Å². The molecule has 1 aromatic heterocycles. The second-order valence-electron chi connectivity index (χ2n) is 7.47. The summed E-state index contributed by atoms with van der Waals surface area (Å²) in [7, 11) is 1.25. The lowest BCUT2D eigenvalue weighted by Gasteiger charge is -2.34. The molecule has 2 aromatic carbocycles. The molecule has 0 atom stereocenters. The molecule has 31 heavy (non-hydrogen) atoms. The summed E-state index contributed by atoms with van der Waals surface area (Å²) in [5.41, 5.74) is 2.25. The third kappa shape index (κ3) is 4.46. The van der Waals surface area contributed by atoms with Crippen LogP contribution in [0.2, 0.25) is 0 Å². The quantitative estimate of drug-likeness (QED) is 0.361. The fraction of sp³-hybridized carbons (Fsp3) is 0.250. The number of carbonyl (C=O) groups excluding carboxylic acids is 3. The second-order valence-corrected chi connectivity index (χ2v) is 7.47. The van der Waals surface area contributed by atoms with Gasteiger partial charge in [-0.05, 0) is 29.8 Å². The van der Waals surface area contributed by atoms with Crippen molar-refractivity contribution in [3.63, 3.8) is 0 Å². The molecule has 1 fully saturated rings. The zero-order chi connectivity index (χ0) is 21.8. The molecule has 3 aromatic rings. The van der Waals surface area contributed by atoms with Crippen molar-refractivity contribution in [2.24, 2.45) is 0 Å². The van der Waals surface area contributed by atoms with Gasteiger partial charge in [-0.1, -0.05) is 30.3 Å². The van der Waals surface area contributed by atoms with E-state index in [0.29, 0.717) is 26.2 Å². The minimum atomic E-state index is -0.687. The van der Waals surface area contributed by atoms with Crippen LogP contribution >= 0.6 is 0 Å². The molecule has 0 saturated carbocycles.